The minimum Gasteiger partial charge on any atom is -0.493 e. The highest BCUT2D eigenvalue weighted by Gasteiger charge is 2.21. The van der Waals surface area contributed by atoms with Crippen LogP contribution in [0.25, 0.3) is 11.0 Å². The van der Waals surface area contributed by atoms with Crippen molar-refractivity contribution in [3.8, 4) is 11.5 Å². The second-order valence-corrected chi connectivity index (χ2v) is 7.88. The summed E-state index contributed by atoms with van der Waals surface area (Å²) >= 11 is 3.38. The van der Waals surface area contributed by atoms with Crippen LogP contribution >= 0.6 is 15.9 Å². The van der Waals surface area contributed by atoms with E-state index in [9.17, 15) is 9.59 Å². The lowest BCUT2D eigenvalue weighted by Gasteiger charge is -2.12. The minimum absolute atomic E-state index is 0.0769. The van der Waals surface area contributed by atoms with Crippen molar-refractivity contribution in [3.05, 3.63) is 82.6 Å². The van der Waals surface area contributed by atoms with Crippen LogP contribution in [0.3, 0.4) is 0 Å². The number of methoxy groups -OCH3 is 2. The van der Waals surface area contributed by atoms with Gasteiger partial charge in [-0.3, -0.25) is 9.59 Å². The molecule has 0 saturated carbocycles. The van der Waals surface area contributed by atoms with Gasteiger partial charge in [-0.2, -0.15) is 0 Å². The summed E-state index contributed by atoms with van der Waals surface area (Å²) < 4.78 is 13.0. The predicted molar refractivity (Wildman–Crippen MR) is 125 cm³/mol. The fraction of sp³-hybridized carbons (Fsp3) is 0.125. The van der Waals surface area contributed by atoms with Crippen LogP contribution in [-0.2, 0) is 11.3 Å². The number of ether oxygens (including phenoxy) is 2. The van der Waals surface area contributed by atoms with Crippen molar-refractivity contribution in [2.75, 3.05) is 19.5 Å². The second-order valence-electron chi connectivity index (χ2n) is 6.96. The molecule has 4 rings (SSSR count). The zero-order chi connectivity index (χ0) is 22.7. The maximum absolute atomic E-state index is 13.2. The molecular weight excluding hydrogens is 474 g/mol. The molecule has 162 valence electrons. The SMILES string of the molecule is COc1ccc(NC(=O)Cn2c(C(=O)c3ccc(Br)cc3)nc3ccccc32)cc1OC. The van der Waals surface area contributed by atoms with Crippen LogP contribution in [0.1, 0.15) is 16.2 Å². The number of benzene rings is 3. The summed E-state index contributed by atoms with van der Waals surface area (Å²) in [5.74, 6) is 0.715. The molecule has 1 N–H and O–H groups in total. The van der Waals surface area contributed by atoms with E-state index in [1.165, 1.54) is 7.11 Å². The number of anilines is 1. The standard InChI is InChI=1S/C24H20BrN3O4/c1-31-20-12-11-17(13-21(20)32-2)26-22(29)14-28-19-6-4-3-5-18(19)27-24(28)23(30)15-7-9-16(25)10-8-15/h3-13H,14H2,1-2H3,(H,26,29). The van der Waals surface area contributed by atoms with E-state index in [0.717, 1.165) is 4.47 Å². The van der Waals surface area contributed by atoms with Crippen LogP contribution in [-0.4, -0.2) is 35.5 Å². The first-order valence-corrected chi connectivity index (χ1v) is 10.6. The molecule has 1 heterocycles. The third-order valence-corrected chi connectivity index (χ3v) is 5.46. The highest BCUT2D eigenvalue weighted by molar-refractivity contribution is 9.10. The van der Waals surface area contributed by atoms with Gasteiger partial charge in [-0.05, 0) is 48.5 Å². The topological polar surface area (TPSA) is 82.5 Å². The number of para-hydroxylation sites is 2. The average Bonchev–Trinajstić information content (AvgIpc) is 3.17. The molecule has 0 bridgehead atoms. The van der Waals surface area contributed by atoms with Crippen molar-refractivity contribution in [1.82, 2.24) is 9.55 Å². The number of ketones is 1. The molecule has 0 fully saturated rings. The summed E-state index contributed by atoms with van der Waals surface area (Å²) in [7, 11) is 3.07. The number of hydrogen-bond donors (Lipinski definition) is 1. The van der Waals surface area contributed by atoms with Crippen molar-refractivity contribution < 1.29 is 19.1 Å². The van der Waals surface area contributed by atoms with Gasteiger partial charge in [0.1, 0.15) is 6.54 Å². The Morgan fingerprint density at radius 1 is 0.969 bits per heavy atom. The van der Waals surface area contributed by atoms with Gasteiger partial charge >= 0.3 is 0 Å². The van der Waals surface area contributed by atoms with Crippen LogP contribution in [0.2, 0.25) is 0 Å². The summed E-state index contributed by atoms with van der Waals surface area (Å²) in [6, 6.07) is 19.5. The normalized spacial score (nSPS) is 10.7. The zero-order valence-corrected chi connectivity index (χ0v) is 19.0. The number of nitrogens with zero attached hydrogens (tertiary/aromatic N) is 2. The molecular formula is C24H20BrN3O4. The summed E-state index contributed by atoms with van der Waals surface area (Å²) in [4.78, 5) is 30.6. The van der Waals surface area contributed by atoms with Gasteiger partial charge in [0.25, 0.3) is 0 Å². The zero-order valence-electron chi connectivity index (χ0n) is 17.5. The lowest BCUT2D eigenvalue weighted by atomic mass is 10.1. The number of carbonyl (C=O) groups excluding carboxylic acids is 2. The fourth-order valence-electron chi connectivity index (χ4n) is 3.40. The van der Waals surface area contributed by atoms with E-state index in [4.69, 9.17) is 9.47 Å². The quantitative estimate of drug-likeness (QED) is 0.377. The Labute approximate surface area is 193 Å². The summed E-state index contributed by atoms with van der Waals surface area (Å²) in [6.07, 6.45) is 0. The first-order valence-electron chi connectivity index (χ1n) is 9.77. The van der Waals surface area contributed by atoms with Gasteiger partial charge in [0.2, 0.25) is 11.7 Å². The van der Waals surface area contributed by atoms with E-state index in [-0.39, 0.29) is 24.1 Å². The number of aromatic nitrogens is 2. The van der Waals surface area contributed by atoms with Gasteiger partial charge in [0, 0.05) is 21.8 Å². The van der Waals surface area contributed by atoms with Crippen molar-refractivity contribution in [3.63, 3.8) is 0 Å². The largest absolute Gasteiger partial charge is 0.493 e. The number of fused-ring (bicyclic) bond motifs is 1. The molecule has 0 aliphatic rings. The number of carbonyl (C=O) groups is 2. The molecule has 0 radical (unpaired) electrons. The molecule has 0 aliphatic heterocycles. The van der Waals surface area contributed by atoms with Gasteiger partial charge < -0.3 is 19.4 Å². The molecule has 1 amide bonds. The Hall–Kier alpha value is -3.65. The predicted octanol–water partition coefficient (Wildman–Crippen LogP) is 4.69. The van der Waals surface area contributed by atoms with Gasteiger partial charge in [-0.1, -0.05) is 28.1 Å². The van der Waals surface area contributed by atoms with Crippen molar-refractivity contribution in [2.45, 2.75) is 6.54 Å². The van der Waals surface area contributed by atoms with E-state index in [2.05, 4.69) is 26.2 Å². The van der Waals surface area contributed by atoms with E-state index in [1.807, 2.05) is 24.3 Å². The Bertz CT molecular complexity index is 1300. The molecule has 1 aromatic heterocycles. The molecule has 0 spiro atoms. The lowest BCUT2D eigenvalue weighted by Crippen LogP contribution is -2.22. The summed E-state index contributed by atoms with van der Waals surface area (Å²) in [5, 5.41) is 2.84. The number of rotatable bonds is 7. The maximum Gasteiger partial charge on any atom is 0.244 e. The summed E-state index contributed by atoms with van der Waals surface area (Å²) in [6.45, 7) is -0.0769. The van der Waals surface area contributed by atoms with Crippen LogP contribution in [0, 0.1) is 0 Å². The number of imidazole rings is 1. The third-order valence-electron chi connectivity index (χ3n) is 4.93. The molecule has 8 heteroatoms. The molecule has 32 heavy (non-hydrogen) atoms. The van der Waals surface area contributed by atoms with Gasteiger partial charge in [-0.15, -0.1) is 0 Å². The molecule has 0 unspecified atom stereocenters. The van der Waals surface area contributed by atoms with E-state index < -0.39 is 0 Å². The van der Waals surface area contributed by atoms with Crippen LogP contribution in [0.5, 0.6) is 11.5 Å². The number of halogens is 1. The van der Waals surface area contributed by atoms with E-state index in [0.29, 0.717) is 33.8 Å². The molecule has 3 aromatic carbocycles. The Balaban J connectivity index is 1.65. The van der Waals surface area contributed by atoms with Gasteiger partial charge in [0.05, 0.1) is 25.3 Å². The molecule has 4 aromatic rings. The van der Waals surface area contributed by atoms with Crippen LogP contribution < -0.4 is 14.8 Å². The van der Waals surface area contributed by atoms with Gasteiger partial charge in [0.15, 0.2) is 17.3 Å². The Kier molecular flexibility index (Phi) is 6.23. The highest BCUT2D eigenvalue weighted by atomic mass is 79.9. The first-order chi connectivity index (χ1) is 15.5. The van der Waals surface area contributed by atoms with Crippen molar-refractivity contribution in [1.29, 1.82) is 0 Å². The van der Waals surface area contributed by atoms with E-state index >= 15 is 0 Å². The van der Waals surface area contributed by atoms with Crippen LogP contribution in [0.15, 0.2) is 71.2 Å². The minimum atomic E-state index is -0.301. The van der Waals surface area contributed by atoms with Gasteiger partial charge in [-0.25, -0.2) is 4.98 Å². The van der Waals surface area contributed by atoms with Crippen molar-refractivity contribution in [2.24, 2.45) is 0 Å². The average molecular weight is 494 g/mol. The van der Waals surface area contributed by atoms with Crippen LogP contribution in [0.4, 0.5) is 5.69 Å². The summed E-state index contributed by atoms with van der Waals surface area (Å²) in [5.41, 5.74) is 2.39. The Morgan fingerprint density at radius 3 is 2.41 bits per heavy atom. The third kappa shape index (κ3) is 4.36. The monoisotopic (exact) mass is 493 g/mol. The molecule has 0 aliphatic carbocycles. The Morgan fingerprint density at radius 2 is 1.69 bits per heavy atom. The smallest absolute Gasteiger partial charge is 0.244 e. The molecule has 0 atom stereocenters. The van der Waals surface area contributed by atoms with E-state index in [1.54, 1.807) is 54.1 Å². The maximum atomic E-state index is 13.2. The second kappa shape index (κ2) is 9.23. The number of nitrogens with one attached hydrogen (secondary N) is 1. The first kappa shape index (κ1) is 21.6. The van der Waals surface area contributed by atoms with Crippen molar-refractivity contribution >= 4 is 44.3 Å². The lowest BCUT2D eigenvalue weighted by molar-refractivity contribution is -0.116. The number of amides is 1. The molecule has 0 saturated heterocycles. The fourth-order valence-corrected chi connectivity index (χ4v) is 3.66. The number of hydrogen-bond acceptors (Lipinski definition) is 5. The highest BCUT2D eigenvalue weighted by Crippen LogP contribution is 2.30. The molecule has 7 nitrogen and oxygen atoms in total.